The SMILES string of the molecule is C[Si]1(C)CCCC(N)CC1.C[Si]1(C)CCCC(NC(=O)c2cc3sc(OC4CCC4)nc3[nH]2)CC1.O=C(O)c1cc2sc(OC3CCC3)nc2[nH]1. The number of aromatic amines is 2. The fourth-order valence-corrected chi connectivity index (χ4v) is 13.8. The third kappa shape index (κ3) is 10.7. The van der Waals surface area contributed by atoms with Crippen molar-refractivity contribution in [3.8, 4) is 10.4 Å². The normalized spacial score (nSPS) is 23.3. The summed E-state index contributed by atoms with van der Waals surface area (Å²) in [7, 11) is -1.79. The number of rotatable bonds is 7. The molecule has 1 amide bonds. The number of carbonyl (C=O) groups excluding carboxylic acids is 1. The van der Waals surface area contributed by atoms with Crippen LogP contribution in [-0.2, 0) is 0 Å². The van der Waals surface area contributed by atoms with Crippen LogP contribution < -0.4 is 20.5 Å². The molecule has 280 valence electrons. The summed E-state index contributed by atoms with van der Waals surface area (Å²) in [5.74, 6) is -0.968. The Balaban J connectivity index is 0.000000147. The minimum atomic E-state index is -1.03. The highest BCUT2D eigenvalue weighted by Crippen LogP contribution is 2.34. The van der Waals surface area contributed by atoms with Gasteiger partial charge >= 0.3 is 5.97 Å². The molecule has 15 heteroatoms. The van der Waals surface area contributed by atoms with Crippen LogP contribution in [0.2, 0.25) is 50.4 Å². The van der Waals surface area contributed by atoms with Crippen molar-refractivity contribution in [3.63, 3.8) is 0 Å². The van der Waals surface area contributed by atoms with Gasteiger partial charge in [0.15, 0.2) is 11.3 Å². The molecule has 6 heterocycles. The molecule has 0 radical (unpaired) electrons. The maximum Gasteiger partial charge on any atom is 0.352 e. The second kappa shape index (κ2) is 16.5. The molecule has 2 aliphatic carbocycles. The first-order valence-electron chi connectivity index (χ1n) is 18.9. The highest BCUT2D eigenvalue weighted by atomic mass is 32.1. The summed E-state index contributed by atoms with van der Waals surface area (Å²) in [6.07, 6.45) is 15.0. The van der Waals surface area contributed by atoms with Crippen LogP contribution in [-0.4, -0.2) is 77.4 Å². The molecule has 4 aromatic heterocycles. The van der Waals surface area contributed by atoms with E-state index in [1.807, 2.05) is 6.07 Å². The smallest absolute Gasteiger partial charge is 0.352 e. The number of nitrogens with two attached hydrogens (primary N) is 1. The largest absolute Gasteiger partial charge is 0.477 e. The Morgan fingerprint density at radius 3 is 1.76 bits per heavy atom. The average molecular weight is 773 g/mol. The Kier molecular flexibility index (Phi) is 12.3. The van der Waals surface area contributed by atoms with E-state index in [-0.39, 0.29) is 11.6 Å². The van der Waals surface area contributed by atoms with E-state index in [0.29, 0.717) is 46.0 Å². The number of nitrogens with one attached hydrogen (secondary N) is 3. The first-order valence-corrected chi connectivity index (χ1v) is 27.4. The van der Waals surface area contributed by atoms with Crippen LogP contribution in [0.1, 0.15) is 98.0 Å². The number of hydrogen-bond donors (Lipinski definition) is 5. The van der Waals surface area contributed by atoms with E-state index in [1.165, 1.54) is 85.4 Å². The number of amides is 1. The van der Waals surface area contributed by atoms with Gasteiger partial charge in [-0.2, -0.15) is 9.97 Å². The third-order valence-electron chi connectivity index (χ3n) is 11.0. The number of carboxylic acids is 1. The summed E-state index contributed by atoms with van der Waals surface area (Å²) < 4.78 is 13.3. The lowest BCUT2D eigenvalue weighted by molar-refractivity contribution is 0.0691. The number of aromatic carboxylic acids is 1. The summed E-state index contributed by atoms with van der Waals surface area (Å²) in [5, 5.41) is 13.4. The molecule has 2 aliphatic heterocycles. The quantitative estimate of drug-likeness (QED) is 0.116. The van der Waals surface area contributed by atoms with Crippen molar-refractivity contribution >= 4 is 71.4 Å². The lowest BCUT2D eigenvalue weighted by Crippen LogP contribution is -2.35. The van der Waals surface area contributed by atoms with Crippen molar-refractivity contribution in [2.24, 2.45) is 5.73 Å². The molecule has 8 rings (SSSR count). The molecule has 4 aromatic rings. The van der Waals surface area contributed by atoms with Crippen LogP contribution in [0.25, 0.3) is 20.7 Å². The van der Waals surface area contributed by atoms with Crippen molar-refractivity contribution < 1.29 is 24.2 Å². The molecule has 4 aliphatic rings. The number of fused-ring (bicyclic) bond motifs is 2. The zero-order valence-corrected chi connectivity index (χ0v) is 34.3. The Morgan fingerprint density at radius 1 is 0.745 bits per heavy atom. The van der Waals surface area contributed by atoms with Gasteiger partial charge in [0.2, 0.25) is 0 Å². The molecule has 2 unspecified atom stereocenters. The molecule has 51 heavy (non-hydrogen) atoms. The molecule has 2 saturated carbocycles. The fraction of sp³-hybridized carbons (Fsp3) is 0.667. The minimum absolute atomic E-state index is 0.00182. The first kappa shape index (κ1) is 38.0. The van der Waals surface area contributed by atoms with Gasteiger partial charge in [-0.1, -0.05) is 85.9 Å². The maximum absolute atomic E-state index is 12.6. The number of aromatic nitrogens is 4. The number of H-pyrrole nitrogens is 2. The monoisotopic (exact) mass is 772 g/mol. The van der Waals surface area contributed by atoms with E-state index in [9.17, 15) is 9.59 Å². The van der Waals surface area contributed by atoms with E-state index in [2.05, 4.69) is 51.4 Å². The van der Waals surface area contributed by atoms with Gasteiger partial charge in [0.1, 0.15) is 23.6 Å². The summed E-state index contributed by atoms with van der Waals surface area (Å²) in [5.41, 5.74) is 8.02. The van der Waals surface area contributed by atoms with Gasteiger partial charge in [-0.15, -0.1) is 0 Å². The van der Waals surface area contributed by atoms with Crippen molar-refractivity contribution in [1.29, 1.82) is 0 Å². The van der Waals surface area contributed by atoms with Gasteiger partial charge < -0.3 is 35.6 Å². The molecule has 2 saturated heterocycles. The molecule has 11 nitrogen and oxygen atoms in total. The topological polar surface area (TPSA) is 168 Å². The van der Waals surface area contributed by atoms with Crippen LogP contribution in [0.15, 0.2) is 12.1 Å². The second-order valence-corrected chi connectivity index (χ2v) is 29.2. The van der Waals surface area contributed by atoms with Crippen molar-refractivity contribution in [3.05, 3.63) is 23.5 Å². The van der Waals surface area contributed by atoms with Crippen molar-refractivity contribution in [2.45, 2.75) is 152 Å². The number of ether oxygens (including phenoxy) is 2. The Bertz CT molecular complexity index is 1710. The van der Waals surface area contributed by atoms with Crippen LogP contribution in [0.5, 0.6) is 10.4 Å². The van der Waals surface area contributed by atoms with E-state index in [0.717, 1.165) is 53.6 Å². The molecule has 4 fully saturated rings. The van der Waals surface area contributed by atoms with E-state index >= 15 is 0 Å². The Labute approximate surface area is 310 Å². The van der Waals surface area contributed by atoms with E-state index < -0.39 is 22.1 Å². The third-order valence-corrected chi connectivity index (χ3v) is 19.5. The van der Waals surface area contributed by atoms with Gasteiger partial charge in [-0.25, -0.2) is 4.79 Å². The maximum atomic E-state index is 12.6. The number of hydrogen-bond acceptors (Lipinski definition) is 9. The molecule has 0 aromatic carbocycles. The van der Waals surface area contributed by atoms with Crippen molar-refractivity contribution in [1.82, 2.24) is 25.3 Å². The Hall–Kier alpha value is -2.73. The second-order valence-electron chi connectivity index (χ2n) is 16.5. The summed E-state index contributed by atoms with van der Waals surface area (Å²) in [4.78, 5) is 37.9. The average Bonchev–Trinajstić information content (AvgIpc) is 3.75. The van der Waals surface area contributed by atoms with Gasteiger partial charge in [0.05, 0.1) is 9.40 Å². The van der Waals surface area contributed by atoms with Crippen LogP contribution in [0.3, 0.4) is 0 Å². The van der Waals surface area contributed by atoms with Crippen LogP contribution in [0, 0.1) is 0 Å². The van der Waals surface area contributed by atoms with Crippen molar-refractivity contribution in [2.75, 3.05) is 0 Å². The lowest BCUT2D eigenvalue weighted by atomic mass is 9.96. The van der Waals surface area contributed by atoms with Gasteiger partial charge in [-0.3, -0.25) is 4.79 Å². The number of carbonyl (C=O) groups is 2. The zero-order valence-electron chi connectivity index (χ0n) is 30.6. The van der Waals surface area contributed by atoms with Crippen LogP contribution >= 0.6 is 22.7 Å². The Morgan fingerprint density at radius 2 is 1.25 bits per heavy atom. The van der Waals surface area contributed by atoms with Crippen LogP contribution in [0.4, 0.5) is 0 Å². The highest BCUT2D eigenvalue weighted by molar-refractivity contribution is 7.20. The summed E-state index contributed by atoms with van der Waals surface area (Å²) in [6, 6.07) is 9.97. The molecule has 0 spiro atoms. The predicted octanol–water partition coefficient (Wildman–Crippen LogP) is 9.01. The number of thiazole rings is 2. The fourth-order valence-electron chi connectivity index (χ4n) is 6.95. The number of nitrogens with zero attached hydrogens (tertiary/aromatic N) is 2. The molecular formula is C36H56N6O5S2Si2. The summed E-state index contributed by atoms with van der Waals surface area (Å²) >= 11 is 2.91. The lowest BCUT2D eigenvalue weighted by Gasteiger charge is -2.24. The predicted molar refractivity (Wildman–Crippen MR) is 213 cm³/mol. The van der Waals surface area contributed by atoms with E-state index in [4.69, 9.17) is 20.3 Å². The highest BCUT2D eigenvalue weighted by Gasteiger charge is 2.28. The zero-order chi connectivity index (χ0) is 36.2. The minimum Gasteiger partial charge on any atom is -0.477 e. The number of carboxylic acid groups (broad SMARTS) is 1. The molecule has 0 bridgehead atoms. The van der Waals surface area contributed by atoms with Gasteiger partial charge in [-0.05, 0) is 76.3 Å². The molecule has 2 atom stereocenters. The molecular weight excluding hydrogens is 717 g/mol. The summed E-state index contributed by atoms with van der Waals surface area (Å²) in [6.45, 7) is 9.91. The van der Waals surface area contributed by atoms with Gasteiger partial charge in [0, 0.05) is 28.2 Å². The molecule has 6 N–H and O–H groups in total. The standard InChI is InChI=1S/C18H27N3O2SSi.C10H10N2O3S.C8H19NSi/c1-25(2)9-4-5-12(8-10-25)19-17(22)14-11-15-16(20-14)21-18(24-15)23-13-6-3-7-13;13-9(14)6-4-7-8(11-6)12-10(16-7)15-5-2-1-3-5;1-10(2)6-3-4-8(9)5-7-10/h11-13,20H,3-10H2,1-2H3,(H,19,22);4-5,11H,1-3H2,(H,13,14);8H,3-7,9H2,1-2H3. The van der Waals surface area contributed by atoms with Gasteiger partial charge in [0.25, 0.3) is 16.3 Å². The first-order chi connectivity index (χ1) is 24.3. The van der Waals surface area contributed by atoms with E-state index in [1.54, 1.807) is 6.07 Å².